The number of hydrogen-bond donors (Lipinski definition) is 1. The Hall–Kier alpha value is -2.54. The Morgan fingerprint density at radius 3 is 2.48 bits per heavy atom. The minimum absolute atomic E-state index is 0.0120. The Morgan fingerprint density at radius 2 is 1.87 bits per heavy atom. The summed E-state index contributed by atoms with van der Waals surface area (Å²) in [6, 6.07) is 11.2. The van der Waals surface area contributed by atoms with Crippen molar-refractivity contribution in [3.8, 4) is 0 Å². The Bertz CT molecular complexity index is 859. The van der Waals surface area contributed by atoms with E-state index < -0.39 is 9.84 Å². The predicted molar refractivity (Wildman–Crippen MR) is 84.6 cm³/mol. The van der Waals surface area contributed by atoms with Crippen LogP contribution in [0.15, 0.2) is 63.7 Å². The minimum Gasteiger partial charge on any atom is -0.273 e. The van der Waals surface area contributed by atoms with Gasteiger partial charge in [0.2, 0.25) is 15.7 Å². The van der Waals surface area contributed by atoms with Crippen LogP contribution in [0.25, 0.3) is 0 Å². The number of carbonyl (C=O) groups is 1. The molecule has 6 nitrogen and oxygen atoms in total. The normalized spacial score (nSPS) is 18.2. The summed E-state index contributed by atoms with van der Waals surface area (Å²) in [5.74, 6) is -0.127. The number of pyridine rings is 1. The molecule has 118 valence electrons. The maximum Gasteiger partial charge on any atom is 0.240 e. The molecule has 3 rings (SSSR count). The van der Waals surface area contributed by atoms with E-state index in [-0.39, 0.29) is 21.7 Å². The van der Waals surface area contributed by atoms with Gasteiger partial charge in [-0.2, -0.15) is 5.10 Å². The molecule has 1 N–H and O–H groups in total. The highest BCUT2D eigenvalue weighted by atomic mass is 32.2. The molecule has 7 heteroatoms. The first-order valence-corrected chi connectivity index (χ1v) is 8.60. The molecule has 0 saturated heterocycles. The molecule has 0 saturated carbocycles. The third-order valence-corrected chi connectivity index (χ3v) is 5.32. The summed E-state index contributed by atoms with van der Waals surface area (Å²) >= 11 is 0. The van der Waals surface area contributed by atoms with Crippen molar-refractivity contribution in [3.63, 3.8) is 0 Å². The van der Waals surface area contributed by atoms with Crippen molar-refractivity contribution in [1.29, 1.82) is 0 Å². The Morgan fingerprint density at radius 1 is 1.13 bits per heavy atom. The smallest absolute Gasteiger partial charge is 0.240 e. The number of hydrazone groups is 1. The van der Waals surface area contributed by atoms with Gasteiger partial charge in [0, 0.05) is 18.5 Å². The fraction of sp³-hybridized carbons (Fsp3) is 0.188. The van der Waals surface area contributed by atoms with Crippen LogP contribution in [0.1, 0.15) is 18.9 Å². The zero-order chi connectivity index (χ0) is 16.4. The monoisotopic (exact) mass is 329 g/mol. The predicted octanol–water partition coefficient (Wildman–Crippen LogP) is 1.77. The van der Waals surface area contributed by atoms with E-state index >= 15 is 0 Å². The number of aromatic nitrogens is 1. The van der Waals surface area contributed by atoms with E-state index in [0.717, 1.165) is 11.3 Å². The van der Waals surface area contributed by atoms with Crippen molar-refractivity contribution < 1.29 is 13.2 Å². The summed E-state index contributed by atoms with van der Waals surface area (Å²) in [6.07, 6.45) is 1.81. The average molecular weight is 329 g/mol. The molecule has 1 aromatic carbocycles. The second kappa shape index (κ2) is 5.92. The number of carbonyl (C=O) groups excluding carboxylic acids is 1. The Balaban J connectivity index is 1.93. The third kappa shape index (κ3) is 3.00. The van der Waals surface area contributed by atoms with E-state index in [0.29, 0.717) is 6.42 Å². The van der Waals surface area contributed by atoms with Crippen LogP contribution in [0.4, 0.5) is 0 Å². The lowest BCUT2D eigenvalue weighted by atomic mass is 9.94. The summed E-state index contributed by atoms with van der Waals surface area (Å²) in [5, 5.41) is 4.08. The van der Waals surface area contributed by atoms with Crippen molar-refractivity contribution in [2.45, 2.75) is 23.3 Å². The summed E-state index contributed by atoms with van der Waals surface area (Å²) in [6.45, 7) is 1.91. The van der Waals surface area contributed by atoms with Gasteiger partial charge in [0.15, 0.2) is 5.03 Å². The van der Waals surface area contributed by atoms with Gasteiger partial charge < -0.3 is 0 Å². The zero-order valence-corrected chi connectivity index (χ0v) is 13.2. The zero-order valence-electron chi connectivity index (χ0n) is 12.4. The van der Waals surface area contributed by atoms with Gasteiger partial charge in [0.25, 0.3) is 0 Å². The van der Waals surface area contributed by atoms with E-state index in [9.17, 15) is 13.2 Å². The lowest BCUT2D eigenvalue weighted by molar-refractivity contribution is -0.121. The second-order valence-electron chi connectivity index (χ2n) is 5.33. The number of nitrogens with one attached hydrogen (secondary N) is 1. The van der Waals surface area contributed by atoms with Crippen LogP contribution < -0.4 is 5.43 Å². The molecule has 1 unspecified atom stereocenters. The van der Waals surface area contributed by atoms with Crippen LogP contribution in [0, 0.1) is 5.92 Å². The first-order chi connectivity index (χ1) is 11.0. The van der Waals surface area contributed by atoms with Crippen LogP contribution in [-0.4, -0.2) is 25.0 Å². The quantitative estimate of drug-likeness (QED) is 0.929. The number of hydrogen-bond acceptors (Lipinski definition) is 5. The van der Waals surface area contributed by atoms with Gasteiger partial charge >= 0.3 is 0 Å². The molecule has 0 radical (unpaired) electrons. The lowest BCUT2D eigenvalue weighted by Crippen LogP contribution is -2.31. The Labute approximate surface area is 134 Å². The number of rotatable bonds is 3. The Kier molecular flexibility index (Phi) is 3.96. The molecule has 1 aliphatic heterocycles. The van der Waals surface area contributed by atoms with Crippen molar-refractivity contribution >= 4 is 21.5 Å². The van der Waals surface area contributed by atoms with Gasteiger partial charge in [-0.1, -0.05) is 25.1 Å². The number of amides is 1. The van der Waals surface area contributed by atoms with Crippen LogP contribution in [-0.2, 0) is 14.6 Å². The molecular weight excluding hydrogens is 314 g/mol. The number of sulfone groups is 1. The number of benzene rings is 1. The van der Waals surface area contributed by atoms with Gasteiger partial charge in [-0.25, -0.2) is 18.8 Å². The lowest BCUT2D eigenvalue weighted by Gasteiger charge is -2.19. The van der Waals surface area contributed by atoms with Gasteiger partial charge in [0.1, 0.15) is 0 Å². The summed E-state index contributed by atoms with van der Waals surface area (Å²) in [4.78, 5) is 15.4. The molecule has 0 fully saturated rings. The highest BCUT2D eigenvalue weighted by Crippen LogP contribution is 2.21. The second-order valence-corrected chi connectivity index (χ2v) is 7.23. The van der Waals surface area contributed by atoms with Crippen molar-refractivity contribution in [3.05, 3.63) is 54.2 Å². The first kappa shape index (κ1) is 15.4. The molecule has 1 aromatic heterocycles. The molecule has 2 aromatic rings. The minimum atomic E-state index is -3.63. The maximum absolute atomic E-state index is 12.5. The third-order valence-electron chi connectivity index (χ3n) is 3.63. The summed E-state index contributed by atoms with van der Waals surface area (Å²) in [7, 11) is -3.63. The molecular formula is C16H15N3O3S. The van der Waals surface area contributed by atoms with E-state index in [1.165, 1.54) is 24.4 Å². The van der Waals surface area contributed by atoms with Crippen LogP contribution in [0.3, 0.4) is 0 Å². The standard InChI is InChI=1S/C16H15N3O3S/c1-11-10-14(20)18-19-16(11)12-5-7-13(8-6-12)23(21,22)15-4-2-3-9-17-15/h2-9,11H,10H2,1H3,(H,18,20). The molecule has 1 atom stereocenters. The van der Waals surface area contributed by atoms with Crippen molar-refractivity contribution in [1.82, 2.24) is 10.4 Å². The highest BCUT2D eigenvalue weighted by Gasteiger charge is 2.23. The molecule has 23 heavy (non-hydrogen) atoms. The fourth-order valence-corrected chi connectivity index (χ4v) is 3.63. The highest BCUT2D eigenvalue weighted by molar-refractivity contribution is 7.91. The SMILES string of the molecule is CC1CC(=O)NN=C1c1ccc(S(=O)(=O)c2ccccn2)cc1. The van der Waals surface area contributed by atoms with Crippen LogP contribution >= 0.6 is 0 Å². The molecule has 1 aliphatic rings. The molecule has 0 bridgehead atoms. The average Bonchev–Trinajstić information content (AvgIpc) is 2.56. The molecule has 1 amide bonds. The number of nitrogens with zero attached hydrogens (tertiary/aromatic N) is 2. The molecule has 0 aliphatic carbocycles. The molecule has 2 heterocycles. The van der Waals surface area contributed by atoms with E-state index in [2.05, 4.69) is 15.5 Å². The largest absolute Gasteiger partial charge is 0.273 e. The van der Waals surface area contributed by atoms with E-state index in [4.69, 9.17) is 0 Å². The summed E-state index contributed by atoms with van der Waals surface area (Å²) in [5.41, 5.74) is 3.98. The summed E-state index contributed by atoms with van der Waals surface area (Å²) < 4.78 is 25.0. The van der Waals surface area contributed by atoms with Gasteiger partial charge in [-0.05, 0) is 29.8 Å². The fourth-order valence-electron chi connectivity index (χ4n) is 2.43. The van der Waals surface area contributed by atoms with Gasteiger partial charge in [0.05, 0.1) is 10.6 Å². The van der Waals surface area contributed by atoms with Crippen LogP contribution in [0.5, 0.6) is 0 Å². The van der Waals surface area contributed by atoms with Gasteiger partial charge in [-0.15, -0.1) is 0 Å². The molecule has 0 spiro atoms. The van der Waals surface area contributed by atoms with E-state index in [1.807, 2.05) is 6.92 Å². The van der Waals surface area contributed by atoms with Crippen LogP contribution in [0.2, 0.25) is 0 Å². The van der Waals surface area contributed by atoms with E-state index in [1.54, 1.807) is 24.3 Å². The van der Waals surface area contributed by atoms with Gasteiger partial charge in [-0.3, -0.25) is 4.79 Å². The first-order valence-electron chi connectivity index (χ1n) is 7.11. The van der Waals surface area contributed by atoms with Crippen molar-refractivity contribution in [2.75, 3.05) is 0 Å². The topological polar surface area (TPSA) is 88.5 Å². The maximum atomic E-state index is 12.5. The van der Waals surface area contributed by atoms with Crippen molar-refractivity contribution in [2.24, 2.45) is 11.0 Å².